The largest absolute Gasteiger partial charge is 0.388 e. The van der Waals surface area contributed by atoms with Gasteiger partial charge in [-0.25, -0.2) is 0 Å². The van der Waals surface area contributed by atoms with Gasteiger partial charge in [0.15, 0.2) is 5.82 Å². The van der Waals surface area contributed by atoms with E-state index < -0.39 is 0 Å². The zero-order chi connectivity index (χ0) is 12.5. The van der Waals surface area contributed by atoms with Gasteiger partial charge >= 0.3 is 0 Å². The van der Waals surface area contributed by atoms with E-state index in [1.165, 1.54) is 30.2 Å². The van der Waals surface area contributed by atoms with Crippen LogP contribution in [0.1, 0.15) is 19.3 Å². The molecule has 0 amide bonds. The smallest absolute Gasteiger partial charge is 0.158 e. The molecule has 0 unspecified atom stereocenters. The molecule has 2 aromatic rings. The Morgan fingerprint density at radius 2 is 1.94 bits per heavy atom. The van der Waals surface area contributed by atoms with Gasteiger partial charge in [0, 0.05) is 38.3 Å². The summed E-state index contributed by atoms with van der Waals surface area (Å²) in [7, 11) is 3.97. The maximum Gasteiger partial charge on any atom is 0.158 e. The van der Waals surface area contributed by atoms with Gasteiger partial charge in [-0.05, 0) is 37.5 Å². The van der Waals surface area contributed by atoms with E-state index in [1.54, 1.807) is 0 Å². The fourth-order valence-corrected chi connectivity index (χ4v) is 2.73. The maximum atomic E-state index is 4.70. The van der Waals surface area contributed by atoms with Gasteiger partial charge in [0.05, 0.1) is 5.52 Å². The van der Waals surface area contributed by atoms with Gasteiger partial charge < -0.3 is 10.2 Å². The molecule has 1 aromatic carbocycles. The molecule has 2 heterocycles. The molecule has 0 spiro atoms. The second kappa shape index (κ2) is 4.52. The number of hydrogen-bond acceptors (Lipinski definition) is 3. The molecule has 3 rings (SSSR count). The minimum absolute atomic E-state index is 1.13. The summed E-state index contributed by atoms with van der Waals surface area (Å²) in [6.07, 6.45) is 3.92. The quantitative estimate of drug-likeness (QED) is 0.881. The van der Waals surface area contributed by atoms with Crippen LogP contribution in [-0.4, -0.2) is 29.9 Å². The van der Waals surface area contributed by atoms with E-state index in [1.807, 2.05) is 18.8 Å². The molecular weight excluding hydrogens is 224 g/mol. The lowest BCUT2D eigenvalue weighted by Gasteiger charge is -2.26. The van der Waals surface area contributed by atoms with Crippen molar-refractivity contribution in [2.75, 3.05) is 30.4 Å². The van der Waals surface area contributed by atoms with Crippen molar-refractivity contribution in [3.8, 4) is 0 Å². The average Bonchev–Trinajstić information content (AvgIpc) is 2.77. The average molecular weight is 244 g/mol. The first-order chi connectivity index (χ1) is 8.79. The first-order valence-electron chi connectivity index (χ1n) is 6.69. The number of rotatable bonds is 2. The van der Waals surface area contributed by atoms with E-state index in [4.69, 9.17) is 5.10 Å². The number of piperidine rings is 1. The van der Waals surface area contributed by atoms with Crippen LogP contribution in [0.3, 0.4) is 0 Å². The molecule has 0 bridgehead atoms. The number of nitrogens with zero attached hydrogens (tertiary/aromatic N) is 3. The van der Waals surface area contributed by atoms with Crippen molar-refractivity contribution in [1.82, 2.24) is 9.78 Å². The zero-order valence-electron chi connectivity index (χ0n) is 11.1. The maximum absolute atomic E-state index is 4.70. The lowest BCUT2D eigenvalue weighted by atomic mass is 10.1. The van der Waals surface area contributed by atoms with E-state index in [0.717, 1.165) is 24.6 Å². The highest BCUT2D eigenvalue weighted by atomic mass is 15.3. The third-order valence-corrected chi connectivity index (χ3v) is 3.78. The summed E-state index contributed by atoms with van der Waals surface area (Å²) in [6.45, 7) is 2.28. The van der Waals surface area contributed by atoms with Crippen LogP contribution in [0.25, 0.3) is 10.9 Å². The van der Waals surface area contributed by atoms with E-state index >= 15 is 0 Å². The normalized spacial score (nSPS) is 16.2. The molecule has 0 aliphatic carbocycles. The number of nitrogens with one attached hydrogen (secondary N) is 1. The van der Waals surface area contributed by atoms with Crippen molar-refractivity contribution in [2.45, 2.75) is 19.3 Å². The van der Waals surface area contributed by atoms with Crippen LogP contribution in [0.15, 0.2) is 18.2 Å². The highest BCUT2D eigenvalue weighted by Crippen LogP contribution is 2.29. The lowest BCUT2D eigenvalue weighted by Crippen LogP contribution is -2.29. The SMILES string of the molecule is CNc1ccc2c(N3CCCCC3)nn(C)c2c1. The molecule has 1 aliphatic heterocycles. The van der Waals surface area contributed by atoms with Crippen LogP contribution < -0.4 is 10.2 Å². The lowest BCUT2D eigenvalue weighted by molar-refractivity contribution is 0.571. The standard InChI is InChI=1S/C14H20N4/c1-15-11-6-7-12-13(10-11)17(2)16-14(12)18-8-4-3-5-9-18/h6-7,10,15H,3-5,8-9H2,1-2H3. The summed E-state index contributed by atoms with van der Waals surface area (Å²) < 4.78 is 1.99. The Morgan fingerprint density at radius 3 is 2.67 bits per heavy atom. The third kappa shape index (κ3) is 1.82. The third-order valence-electron chi connectivity index (χ3n) is 3.78. The van der Waals surface area contributed by atoms with Crippen LogP contribution in [-0.2, 0) is 7.05 Å². The Balaban J connectivity index is 2.07. The van der Waals surface area contributed by atoms with Gasteiger partial charge in [-0.2, -0.15) is 5.10 Å². The Hall–Kier alpha value is -1.71. The fraction of sp³-hybridized carbons (Fsp3) is 0.500. The van der Waals surface area contributed by atoms with Crippen LogP contribution in [0.5, 0.6) is 0 Å². The number of aromatic nitrogens is 2. The van der Waals surface area contributed by atoms with Gasteiger partial charge in [0.1, 0.15) is 0 Å². The minimum atomic E-state index is 1.13. The summed E-state index contributed by atoms with van der Waals surface area (Å²) in [5.41, 5.74) is 2.33. The van der Waals surface area contributed by atoms with Crippen LogP contribution in [0, 0.1) is 0 Å². The van der Waals surface area contributed by atoms with Crippen molar-refractivity contribution in [3.05, 3.63) is 18.2 Å². The topological polar surface area (TPSA) is 33.1 Å². The van der Waals surface area contributed by atoms with Crippen molar-refractivity contribution >= 4 is 22.4 Å². The molecule has 1 aromatic heterocycles. The molecule has 1 N–H and O–H groups in total. The summed E-state index contributed by atoms with van der Waals surface area (Å²) >= 11 is 0. The molecule has 0 atom stereocenters. The minimum Gasteiger partial charge on any atom is -0.388 e. The predicted molar refractivity (Wildman–Crippen MR) is 76.3 cm³/mol. The van der Waals surface area contributed by atoms with Gasteiger partial charge in [0.25, 0.3) is 0 Å². The molecule has 4 nitrogen and oxygen atoms in total. The number of anilines is 2. The fourth-order valence-electron chi connectivity index (χ4n) is 2.73. The first-order valence-corrected chi connectivity index (χ1v) is 6.69. The van der Waals surface area contributed by atoms with Gasteiger partial charge in [-0.1, -0.05) is 0 Å². The Bertz CT molecular complexity index is 552. The van der Waals surface area contributed by atoms with Crippen molar-refractivity contribution in [3.63, 3.8) is 0 Å². The first kappa shape index (κ1) is 11.4. The van der Waals surface area contributed by atoms with Crippen molar-refractivity contribution in [2.24, 2.45) is 7.05 Å². The predicted octanol–water partition coefficient (Wildman–Crippen LogP) is 2.61. The van der Waals surface area contributed by atoms with Gasteiger partial charge in [-0.3, -0.25) is 4.68 Å². The van der Waals surface area contributed by atoms with Crippen molar-refractivity contribution in [1.29, 1.82) is 0 Å². The van der Waals surface area contributed by atoms with E-state index in [-0.39, 0.29) is 0 Å². The summed E-state index contributed by atoms with van der Waals surface area (Å²) in [5.74, 6) is 1.15. The molecule has 1 saturated heterocycles. The molecule has 0 radical (unpaired) electrons. The van der Waals surface area contributed by atoms with Crippen molar-refractivity contribution < 1.29 is 0 Å². The highest BCUT2D eigenvalue weighted by Gasteiger charge is 2.17. The zero-order valence-corrected chi connectivity index (χ0v) is 11.1. The number of fused-ring (bicyclic) bond motifs is 1. The second-order valence-corrected chi connectivity index (χ2v) is 4.98. The van der Waals surface area contributed by atoms with E-state index in [2.05, 4.69) is 28.4 Å². The molecule has 0 saturated carbocycles. The molecule has 4 heteroatoms. The molecule has 18 heavy (non-hydrogen) atoms. The number of benzene rings is 1. The van der Waals surface area contributed by atoms with Crippen LogP contribution in [0.2, 0.25) is 0 Å². The van der Waals surface area contributed by atoms with Gasteiger partial charge in [0.2, 0.25) is 0 Å². The van der Waals surface area contributed by atoms with E-state index in [0.29, 0.717) is 0 Å². The molecule has 1 fully saturated rings. The number of hydrogen-bond donors (Lipinski definition) is 1. The highest BCUT2D eigenvalue weighted by molar-refractivity contribution is 5.92. The van der Waals surface area contributed by atoms with Gasteiger partial charge in [-0.15, -0.1) is 0 Å². The van der Waals surface area contributed by atoms with Crippen LogP contribution in [0.4, 0.5) is 11.5 Å². The Labute approximate surface area is 108 Å². The summed E-state index contributed by atoms with van der Waals surface area (Å²) in [4.78, 5) is 2.42. The van der Waals surface area contributed by atoms with Crippen LogP contribution >= 0.6 is 0 Å². The summed E-state index contributed by atoms with van der Waals surface area (Å²) in [5, 5.41) is 9.15. The monoisotopic (exact) mass is 244 g/mol. The molecule has 1 aliphatic rings. The number of aryl methyl sites for hydroxylation is 1. The molecule has 96 valence electrons. The molecular formula is C14H20N4. The van der Waals surface area contributed by atoms with E-state index in [9.17, 15) is 0 Å². The second-order valence-electron chi connectivity index (χ2n) is 4.98. The Morgan fingerprint density at radius 1 is 1.17 bits per heavy atom. The summed E-state index contributed by atoms with van der Waals surface area (Å²) in [6, 6.07) is 6.46. The Kier molecular flexibility index (Phi) is 2.86.